The smallest absolute Gasteiger partial charge is 0.0718 e. The molecule has 0 aromatic heterocycles. The van der Waals surface area contributed by atoms with E-state index in [0.29, 0.717) is 19.8 Å². The van der Waals surface area contributed by atoms with Gasteiger partial charge in [-0.15, -0.1) is 0 Å². The maximum absolute atomic E-state index is 5.52. The summed E-state index contributed by atoms with van der Waals surface area (Å²) in [5, 5.41) is 0. The Balaban J connectivity index is 1.88. The fourth-order valence-electron chi connectivity index (χ4n) is 1.58. The first kappa shape index (κ1) is 14.2. The number of benzene rings is 1. The quantitative estimate of drug-likeness (QED) is 0.609. The Labute approximate surface area is 105 Å². The second-order valence-electron chi connectivity index (χ2n) is 4.69. The third-order valence-electron chi connectivity index (χ3n) is 2.55. The SMILES string of the molecule is CC(C)CCCOCCOCc1ccccc1. The van der Waals surface area contributed by atoms with Crippen LogP contribution in [0.2, 0.25) is 0 Å². The molecule has 96 valence electrons. The van der Waals surface area contributed by atoms with Gasteiger partial charge in [-0.2, -0.15) is 0 Å². The van der Waals surface area contributed by atoms with Crippen molar-refractivity contribution in [2.45, 2.75) is 33.3 Å². The van der Waals surface area contributed by atoms with E-state index in [2.05, 4.69) is 26.0 Å². The molecule has 17 heavy (non-hydrogen) atoms. The first-order valence-corrected chi connectivity index (χ1v) is 6.48. The van der Waals surface area contributed by atoms with Gasteiger partial charge >= 0.3 is 0 Å². The van der Waals surface area contributed by atoms with Crippen LogP contribution in [-0.2, 0) is 16.1 Å². The maximum atomic E-state index is 5.52. The van der Waals surface area contributed by atoms with Gasteiger partial charge in [0.15, 0.2) is 0 Å². The molecular formula is C15H24O2. The van der Waals surface area contributed by atoms with Crippen LogP contribution in [-0.4, -0.2) is 19.8 Å². The zero-order chi connectivity index (χ0) is 12.3. The van der Waals surface area contributed by atoms with E-state index in [9.17, 15) is 0 Å². The minimum atomic E-state index is 0.677. The van der Waals surface area contributed by atoms with E-state index < -0.39 is 0 Å². The van der Waals surface area contributed by atoms with Crippen molar-refractivity contribution in [3.8, 4) is 0 Å². The lowest BCUT2D eigenvalue weighted by Crippen LogP contribution is -2.05. The maximum Gasteiger partial charge on any atom is 0.0718 e. The molecule has 0 N–H and O–H groups in total. The molecule has 0 aliphatic carbocycles. The number of rotatable bonds is 9. The second kappa shape index (κ2) is 9.20. The average Bonchev–Trinajstić information content (AvgIpc) is 2.33. The van der Waals surface area contributed by atoms with E-state index >= 15 is 0 Å². The Morgan fingerprint density at radius 2 is 1.65 bits per heavy atom. The van der Waals surface area contributed by atoms with Crippen molar-refractivity contribution in [2.75, 3.05) is 19.8 Å². The summed E-state index contributed by atoms with van der Waals surface area (Å²) < 4.78 is 11.0. The van der Waals surface area contributed by atoms with Crippen molar-refractivity contribution >= 4 is 0 Å². The van der Waals surface area contributed by atoms with E-state index in [-0.39, 0.29) is 0 Å². The minimum Gasteiger partial charge on any atom is -0.379 e. The minimum absolute atomic E-state index is 0.677. The Kier molecular flexibility index (Phi) is 7.69. The molecule has 0 spiro atoms. The van der Waals surface area contributed by atoms with Crippen molar-refractivity contribution in [3.63, 3.8) is 0 Å². The zero-order valence-electron chi connectivity index (χ0n) is 11.0. The third kappa shape index (κ3) is 7.94. The molecule has 0 bridgehead atoms. The van der Waals surface area contributed by atoms with E-state index in [1.54, 1.807) is 0 Å². The molecule has 0 aliphatic heterocycles. The molecule has 1 rings (SSSR count). The largest absolute Gasteiger partial charge is 0.379 e. The molecule has 0 aliphatic rings. The lowest BCUT2D eigenvalue weighted by Gasteiger charge is -2.07. The molecule has 0 amide bonds. The molecule has 0 saturated heterocycles. The van der Waals surface area contributed by atoms with Gasteiger partial charge < -0.3 is 9.47 Å². The summed E-state index contributed by atoms with van der Waals surface area (Å²) in [5.74, 6) is 0.771. The molecule has 2 heteroatoms. The summed E-state index contributed by atoms with van der Waals surface area (Å²) in [6.07, 6.45) is 2.39. The molecular weight excluding hydrogens is 212 g/mol. The summed E-state index contributed by atoms with van der Waals surface area (Å²) in [5.41, 5.74) is 1.22. The highest BCUT2D eigenvalue weighted by atomic mass is 16.5. The van der Waals surface area contributed by atoms with Crippen LogP contribution in [0.1, 0.15) is 32.3 Å². The predicted molar refractivity (Wildman–Crippen MR) is 71.0 cm³/mol. The molecule has 0 saturated carbocycles. The average molecular weight is 236 g/mol. The van der Waals surface area contributed by atoms with Crippen LogP contribution >= 0.6 is 0 Å². The van der Waals surface area contributed by atoms with Gasteiger partial charge in [-0.1, -0.05) is 44.2 Å². The summed E-state index contributed by atoms with van der Waals surface area (Å²) in [6.45, 7) is 7.39. The Morgan fingerprint density at radius 1 is 0.941 bits per heavy atom. The molecule has 1 aromatic carbocycles. The highest BCUT2D eigenvalue weighted by Gasteiger charge is 1.95. The first-order valence-electron chi connectivity index (χ1n) is 6.48. The van der Waals surface area contributed by atoms with Crippen molar-refractivity contribution < 1.29 is 9.47 Å². The van der Waals surface area contributed by atoms with Crippen molar-refractivity contribution in [1.82, 2.24) is 0 Å². The van der Waals surface area contributed by atoms with Crippen LogP contribution in [0.25, 0.3) is 0 Å². The second-order valence-corrected chi connectivity index (χ2v) is 4.69. The molecule has 0 radical (unpaired) electrons. The molecule has 2 nitrogen and oxygen atoms in total. The fourth-order valence-corrected chi connectivity index (χ4v) is 1.58. The number of ether oxygens (including phenoxy) is 2. The Hall–Kier alpha value is -0.860. The van der Waals surface area contributed by atoms with Gasteiger partial charge in [0.2, 0.25) is 0 Å². The van der Waals surface area contributed by atoms with Gasteiger partial charge in [-0.3, -0.25) is 0 Å². The summed E-state index contributed by atoms with van der Waals surface area (Å²) in [4.78, 5) is 0. The Morgan fingerprint density at radius 3 is 2.35 bits per heavy atom. The lowest BCUT2D eigenvalue weighted by atomic mass is 10.1. The van der Waals surface area contributed by atoms with Crippen LogP contribution in [0.4, 0.5) is 0 Å². The van der Waals surface area contributed by atoms with E-state index in [4.69, 9.17) is 9.47 Å². The highest BCUT2D eigenvalue weighted by molar-refractivity contribution is 5.13. The molecule has 1 aromatic rings. The van der Waals surface area contributed by atoms with Crippen LogP contribution in [0, 0.1) is 5.92 Å². The molecule has 0 heterocycles. The van der Waals surface area contributed by atoms with Gasteiger partial charge in [-0.05, 0) is 24.3 Å². The monoisotopic (exact) mass is 236 g/mol. The highest BCUT2D eigenvalue weighted by Crippen LogP contribution is 2.03. The van der Waals surface area contributed by atoms with Gasteiger partial charge in [0.05, 0.1) is 19.8 Å². The van der Waals surface area contributed by atoms with Gasteiger partial charge in [0, 0.05) is 6.61 Å². The molecule has 0 atom stereocenters. The van der Waals surface area contributed by atoms with E-state index in [0.717, 1.165) is 18.9 Å². The van der Waals surface area contributed by atoms with Crippen LogP contribution in [0.5, 0.6) is 0 Å². The number of hydrogen-bond acceptors (Lipinski definition) is 2. The van der Waals surface area contributed by atoms with Gasteiger partial charge in [-0.25, -0.2) is 0 Å². The van der Waals surface area contributed by atoms with Gasteiger partial charge in [0.1, 0.15) is 0 Å². The fraction of sp³-hybridized carbons (Fsp3) is 0.600. The van der Waals surface area contributed by atoms with Crippen molar-refractivity contribution in [3.05, 3.63) is 35.9 Å². The van der Waals surface area contributed by atoms with E-state index in [1.165, 1.54) is 12.0 Å². The van der Waals surface area contributed by atoms with Crippen LogP contribution in [0.15, 0.2) is 30.3 Å². The summed E-state index contributed by atoms with van der Waals surface area (Å²) in [7, 11) is 0. The molecule has 0 unspecified atom stereocenters. The Bertz CT molecular complexity index is 270. The third-order valence-corrected chi connectivity index (χ3v) is 2.55. The van der Waals surface area contributed by atoms with Crippen LogP contribution in [0.3, 0.4) is 0 Å². The lowest BCUT2D eigenvalue weighted by molar-refractivity contribution is 0.0387. The van der Waals surface area contributed by atoms with Crippen molar-refractivity contribution in [1.29, 1.82) is 0 Å². The van der Waals surface area contributed by atoms with Crippen molar-refractivity contribution in [2.24, 2.45) is 5.92 Å². The van der Waals surface area contributed by atoms with E-state index in [1.807, 2.05) is 18.2 Å². The first-order chi connectivity index (χ1) is 8.29. The standard InChI is InChI=1S/C15H24O2/c1-14(2)7-6-10-16-11-12-17-13-15-8-4-3-5-9-15/h3-5,8-9,14H,6-7,10-13H2,1-2H3. The zero-order valence-corrected chi connectivity index (χ0v) is 11.0. The van der Waals surface area contributed by atoms with Gasteiger partial charge in [0.25, 0.3) is 0 Å². The summed E-state index contributed by atoms with van der Waals surface area (Å²) in [6, 6.07) is 10.2. The number of hydrogen-bond donors (Lipinski definition) is 0. The summed E-state index contributed by atoms with van der Waals surface area (Å²) >= 11 is 0. The molecule has 0 fully saturated rings. The van der Waals surface area contributed by atoms with Crippen LogP contribution < -0.4 is 0 Å². The predicted octanol–water partition coefficient (Wildman–Crippen LogP) is 3.66. The topological polar surface area (TPSA) is 18.5 Å². The normalized spacial score (nSPS) is 11.0.